The van der Waals surface area contributed by atoms with Crippen molar-refractivity contribution >= 4 is 5.91 Å². The SMILES string of the molecule is Cn1cc(C(=O)NC2CCCc3ccccc32)c(C2CCOC2)n1. The van der Waals surface area contributed by atoms with Gasteiger partial charge in [-0.1, -0.05) is 24.3 Å². The van der Waals surface area contributed by atoms with Crippen LogP contribution < -0.4 is 5.32 Å². The van der Waals surface area contributed by atoms with E-state index in [-0.39, 0.29) is 17.9 Å². The molecule has 1 amide bonds. The molecule has 126 valence electrons. The van der Waals surface area contributed by atoms with Gasteiger partial charge < -0.3 is 10.1 Å². The van der Waals surface area contributed by atoms with Crippen molar-refractivity contribution < 1.29 is 9.53 Å². The molecule has 1 aromatic carbocycles. The first-order chi connectivity index (χ1) is 11.7. The number of carbonyl (C=O) groups is 1. The Morgan fingerprint density at radius 1 is 1.33 bits per heavy atom. The van der Waals surface area contributed by atoms with Gasteiger partial charge in [0.15, 0.2) is 0 Å². The van der Waals surface area contributed by atoms with Crippen LogP contribution >= 0.6 is 0 Å². The number of aromatic nitrogens is 2. The van der Waals surface area contributed by atoms with Gasteiger partial charge in [0.05, 0.1) is 23.9 Å². The maximum Gasteiger partial charge on any atom is 0.255 e. The highest BCUT2D eigenvalue weighted by molar-refractivity contribution is 5.95. The zero-order valence-electron chi connectivity index (χ0n) is 14.0. The van der Waals surface area contributed by atoms with Crippen LogP contribution in [0.5, 0.6) is 0 Å². The third kappa shape index (κ3) is 2.84. The highest BCUT2D eigenvalue weighted by atomic mass is 16.5. The minimum absolute atomic E-state index is 0.0216. The van der Waals surface area contributed by atoms with Crippen LogP contribution in [0.2, 0.25) is 0 Å². The van der Waals surface area contributed by atoms with Crippen molar-refractivity contribution in [2.24, 2.45) is 7.05 Å². The summed E-state index contributed by atoms with van der Waals surface area (Å²) in [5.41, 5.74) is 4.17. The molecule has 2 heterocycles. The Balaban J connectivity index is 1.57. The van der Waals surface area contributed by atoms with Crippen molar-refractivity contribution in [3.8, 4) is 0 Å². The normalized spacial score (nSPS) is 23.0. The number of fused-ring (bicyclic) bond motifs is 1. The van der Waals surface area contributed by atoms with E-state index in [9.17, 15) is 4.79 Å². The summed E-state index contributed by atoms with van der Waals surface area (Å²) in [5.74, 6) is 0.206. The molecule has 0 spiro atoms. The van der Waals surface area contributed by atoms with Crippen LogP contribution in [-0.4, -0.2) is 28.9 Å². The van der Waals surface area contributed by atoms with Crippen LogP contribution in [0.4, 0.5) is 0 Å². The molecule has 1 N–H and O–H groups in total. The minimum atomic E-state index is -0.0216. The topological polar surface area (TPSA) is 56.2 Å². The molecule has 0 saturated carbocycles. The number of hydrogen-bond acceptors (Lipinski definition) is 3. The third-order valence-electron chi connectivity index (χ3n) is 5.09. The number of hydrogen-bond donors (Lipinski definition) is 1. The molecule has 1 aliphatic carbocycles. The van der Waals surface area contributed by atoms with Gasteiger partial charge in [0, 0.05) is 25.8 Å². The number of benzene rings is 1. The van der Waals surface area contributed by atoms with E-state index in [4.69, 9.17) is 4.74 Å². The molecule has 1 fully saturated rings. The average molecular weight is 325 g/mol. The van der Waals surface area contributed by atoms with Gasteiger partial charge in [0.25, 0.3) is 5.91 Å². The van der Waals surface area contributed by atoms with Gasteiger partial charge in [-0.15, -0.1) is 0 Å². The summed E-state index contributed by atoms with van der Waals surface area (Å²) in [6, 6.07) is 8.51. The second-order valence-corrected chi connectivity index (χ2v) is 6.78. The van der Waals surface area contributed by atoms with E-state index in [1.807, 2.05) is 13.2 Å². The molecular weight excluding hydrogens is 302 g/mol. The number of carbonyl (C=O) groups excluding carboxylic acids is 1. The van der Waals surface area contributed by atoms with Crippen LogP contribution in [0.25, 0.3) is 0 Å². The van der Waals surface area contributed by atoms with Crippen LogP contribution in [0.1, 0.15) is 58.4 Å². The zero-order valence-corrected chi connectivity index (χ0v) is 14.0. The molecule has 2 aromatic rings. The molecule has 2 atom stereocenters. The smallest absolute Gasteiger partial charge is 0.255 e. The molecule has 24 heavy (non-hydrogen) atoms. The lowest BCUT2D eigenvalue weighted by Crippen LogP contribution is -2.31. The minimum Gasteiger partial charge on any atom is -0.381 e. The molecular formula is C19H23N3O2. The van der Waals surface area contributed by atoms with Gasteiger partial charge in [0.2, 0.25) is 0 Å². The van der Waals surface area contributed by atoms with Crippen LogP contribution in [-0.2, 0) is 18.2 Å². The number of rotatable bonds is 3. The lowest BCUT2D eigenvalue weighted by Gasteiger charge is -2.26. The lowest BCUT2D eigenvalue weighted by atomic mass is 9.87. The monoisotopic (exact) mass is 325 g/mol. The molecule has 4 rings (SSSR count). The number of nitrogens with zero attached hydrogens (tertiary/aromatic N) is 2. The lowest BCUT2D eigenvalue weighted by molar-refractivity contribution is 0.0931. The summed E-state index contributed by atoms with van der Waals surface area (Å²) < 4.78 is 7.20. The summed E-state index contributed by atoms with van der Waals surface area (Å²) in [6.45, 7) is 1.40. The van der Waals surface area contributed by atoms with E-state index in [0.29, 0.717) is 12.2 Å². The average Bonchev–Trinajstić information content (AvgIpc) is 3.24. The van der Waals surface area contributed by atoms with Gasteiger partial charge in [-0.3, -0.25) is 9.48 Å². The molecule has 0 bridgehead atoms. The second-order valence-electron chi connectivity index (χ2n) is 6.78. The molecule has 2 unspecified atom stereocenters. The molecule has 2 aliphatic rings. The van der Waals surface area contributed by atoms with Gasteiger partial charge in [-0.05, 0) is 36.8 Å². The van der Waals surface area contributed by atoms with Gasteiger partial charge in [-0.2, -0.15) is 5.10 Å². The summed E-state index contributed by atoms with van der Waals surface area (Å²) >= 11 is 0. The first-order valence-corrected chi connectivity index (χ1v) is 8.72. The molecule has 1 saturated heterocycles. The van der Waals surface area contributed by atoms with E-state index in [0.717, 1.165) is 38.0 Å². The van der Waals surface area contributed by atoms with E-state index in [2.05, 4.69) is 34.7 Å². The van der Waals surface area contributed by atoms with Crippen molar-refractivity contribution in [1.29, 1.82) is 0 Å². The van der Waals surface area contributed by atoms with Crippen LogP contribution in [0.3, 0.4) is 0 Å². The fourth-order valence-electron chi connectivity index (χ4n) is 3.87. The highest BCUT2D eigenvalue weighted by Gasteiger charge is 2.28. The second kappa shape index (κ2) is 6.40. The number of ether oxygens (including phenoxy) is 1. The van der Waals surface area contributed by atoms with E-state index < -0.39 is 0 Å². The largest absolute Gasteiger partial charge is 0.381 e. The van der Waals surface area contributed by atoms with E-state index in [1.54, 1.807) is 4.68 Å². The summed E-state index contributed by atoms with van der Waals surface area (Å²) in [4.78, 5) is 12.9. The molecule has 5 heteroatoms. The standard InChI is InChI=1S/C19H23N3O2/c1-22-11-16(18(21-22)14-9-10-24-12-14)19(23)20-17-8-4-6-13-5-2-3-7-15(13)17/h2-3,5,7,11,14,17H,4,6,8-10,12H2,1H3,(H,20,23). The van der Waals surface area contributed by atoms with Crippen molar-refractivity contribution in [2.45, 2.75) is 37.6 Å². The van der Waals surface area contributed by atoms with E-state index in [1.165, 1.54) is 11.1 Å². The zero-order chi connectivity index (χ0) is 16.5. The van der Waals surface area contributed by atoms with E-state index >= 15 is 0 Å². The summed E-state index contributed by atoms with van der Waals surface area (Å²) in [7, 11) is 1.87. The predicted molar refractivity (Wildman–Crippen MR) is 91.0 cm³/mol. The van der Waals surface area contributed by atoms with Crippen molar-refractivity contribution in [2.75, 3.05) is 13.2 Å². The Hall–Kier alpha value is -2.14. The Morgan fingerprint density at radius 3 is 3.04 bits per heavy atom. The van der Waals surface area contributed by atoms with Gasteiger partial charge >= 0.3 is 0 Å². The highest BCUT2D eigenvalue weighted by Crippen LogP contribution is 2.31. The fraction of sp³-hybridized carbons (Fsp3) is 0.474. The van der Waals surface area contributed by atoms with Crippen LogP contribution in [0.15, 0.2) is 30.5 Å². The molecule has 5 nitrogen and oxygen atoms in total. The Bertz CT molecular complexity index is 747. The maximum atomic E-state index is 12.9. The summed E-state index contributed by atoms with van der Waals surface area (Å²) in [6.07, 6.45) is 5.96. The quantitative estimate of drug-likeness (QED) is 0.944. The fourth-order valence-corrected chi connectivity index (χ4v) is 3.87. The van der Waals surface area contributed by atoms with Gasteiger partial charge in [0.1, 0.15) is 0 Å². The molecule has 1 aromatic heterocycles. The van der Waals surface area contributed by atoms with Crippen LogP contribution in [0, 0.1) is 0 Å². The molecule has 0 radical (unpaired) electrons. The van der Waals surface area contributed by atoms with Gasteiger partial charge in [-0.25, -0.2) is 0 Å². The third-order valence-corrected chi connectivity index (χ3v) is 5.09. The first-order valence-electron chi connectivity index (χ1n) is 8.72. The first kappa shape index (κ1) is 15.4. The Kier molecular flexibility index (Phi) is 4.10. The maximum absolute atomic E-state index is 12.9. The number of aryl methyl sites for hydroxylation is 2. The number of amides is 1. The van der Waals surface area contributed by atoms with Crippen molar-refractivity contribution in [3.63, 3.8) is 0 Å². The van der Waals surface area contributed by atoms with Crippen molar-refractivity contribution in [1.82, 2.24) is 15.1 Å². The van der Waals surface area contributed by atoms with Crippen molar-refractivity contribution in [3.05, 3.63) is 52.8 Å². The summed E-state index contributed by atoms with van der Waals surface area (Å²) in [5, 5.41) is 7.76. The predicted octanol–water partition coefficient (Wildman–Crippen LogP) is 2.73. The Morgan fingerprint density at radius 2 is 2.21 bits per heavy atom. The Labute approximate surface area is 142 Å². The number of nitrogens with one attached hydrogen (secondary N) is 1. The molecule has 1 aliphatic heterocycles.